The van der Waals surface area contributed by atoms with Crippen LogP contribution in [0.2, 0.25) is 0 Å². The van der Waals surface area contributed by atoms with E-state index in [2.05, 4.69) is 20.3 Å². The molecule has 0 saturated carbocycles. The highest BCUT2D eigenvalue weighted by Gasteiger charge is 2.11. The molecule has 1 aromatic heterocycles. The zero-order valence-corrected chi connectivity index (χ0v) is 11.8. The molecule has 0 saturated heterocycles. The molecule has 100 valence electrons. The number of rotatable bonds is 4. The first-order chi connectivity index (χ1) is 9.11. The Kier molecular flexibility index (Phi) is 4.16. The molecular formula is C12H14N4O2S. The van der Waals surface area contributed by atoms with Crippen LogP contribution in [-0.2, 0) is 9.53 Å². The minimum Gasteiger partial charge on any atom is -0.468 e. The van der Waals surface area contributed by atoms with Crippen molar-refractivity contribution in [3.8, 4) is 5.69 Å². The largest absolute Gasteiger partial charge is 0.468 e. The molecule has 19 heavy (non-hydrogen) atoms. The first kappa shape index (κ1) is 13.5. The quantitative estimate of drug-likeness (QED) is 0.624. The number of hydrogen-bond acceptors (Lipinski definition) is 6. The predicted molar refractivity (Wildman–Crippen MR) is 71.4 cm³/mol. The van der Waals surface area contributed by atoms with Crippen molar-refractivity contribution in [2.45, 2.75) is 19.0 Å². The number of ether oxygens (including phenoxy) is 1. The van der Waals surface area contributed by atoms with Crippen LogP contribution < -0.4 is 0 Å². The lowest BCUT2D eigenvalue weighted by Crippen LogP contribution is -2.05. The molecule has 7 heteroatoms. The Morgan fingerprint density at radius 2 is 2.16 bits per heavy atom. The van der Waals surface area contributed by atoms with Gasteiger partial charge in [0.1, 0.15) is 0 Å². The number of nitrogens with zero attached hydrogens (tertiary/aromatic N) is 4. The third kappa shape index (κ3) is 3.11. The molecule has 0 aliphatic rings. The summed E-state index contributed by atoms with van der Waals surface area (Å²) >= 11 is 1.24. The number of esters is 1. The summed E-state index contributed by atoms with van der Waals surface area (Å²) in [5, 5.41) is 12.1. The summed E-state index contributed by atoms with van der Waals surface area (Å²) < 4.78 is 6.20. The first-order valence-electron chi connectivity index (χ1n) is 5.67. The molecule has 6 nitrogen and oxygen atoms in total. The van der Waals surface area contributed by atoms with Gasteiger partial charge in [0.15, 0.2) is 0 Å². The Balaban J connectivity index is 2.23. The Morgan fingerprint density at radius 1 is 1.37 bits per heavy atom. The number of thioether (sulfide) groups is 1. The van der Waals surface area contributed by atoms with Crippen LogP contribution in [0.5, 0.6) is 0 Å². The maximum absolute atomic E-state index is 11.1. The van der Waals surface area contributed by atoms with Crippen molar-refractivity contribution in [1.29, 1.82) is 0 Å². The van der Waals surface area contributed by atoms with Crippen LogP contribution in [0, 0.1) is 13.8 Å². The summed E-state index contributed by atoms with van der Waals surface area (Å²) in [7, 11) is 1.36. The van der Waals surface area contributed by atoms with Gasteiger partial charge in [-0.2, -0.15) is 4.68 Å². The second-order valence-corrected chi connectivity index (χ2v) is 4.95. The normalized spacial score (nSPS) is 10.5. The van der Waals surface area contributed by atoms with Gasteiger partial charge in [0.25, 0.3) is 0 Å². The molecule has 0 amide bonds. The molecule has 1 heterocycles. The highest BCUT2D eigenvalue weighted by atomic mass is 32.2. The van der Waals surface area contributed by atoms with Gasteiger partial charge in [0, 0.05) is 0 Å². The van der Waals surface area contributed by atoms with Crippen LogP contribution >= 0.6 is 11.8 Å². The predicted octanol–water partition coefficient (Wildman–Crippen LogP) is 1.54. The number of benzene rings is 1. The third-order valence-electron chi connectivity index (χ3n) is 2.72. The number of methoxy groups -OCH3 is 1. The van der Waals surface area contributed by atoms with Gasteiger partial charge in [0.05, 0.1) is 18.6 Å². The van der Waals surface area contributed by atoms with E-state index in [1.54, 1.807) is 4.68 Å². The van der Waals surface area contributed by atoms with E-state index in [-0.39, 0.29) is 11.7 Å². The average molecular weight is 278 g/mol. The molecule has 0 aliphatic carbocycles. The SMILES string of the molecule is COC(=O)CSc1nnnn1-c1ccc(C)c(C)c1. The average Bonchev–Trinajstić information content (AvgIpc) is 2.87. The zero-order chi connectivity index (χ0) is 13.8. The lowest BCUT2D eigenvalue weighted by atomic mass is 10.1. The maximum Gasteiger partial charge on any atom is 0.316 e. The van der Waals surface area contributed by atoms with E-state index >= 15 is 0 Å². The summed E-state index contributed by atoms with van der Waals surface area (Å²) in [6.07, 6.45) is 0. The van der Waals surface area contributed by atoms with Gasteiger partial charge in [-0.05, 0) is 47.5 Å². The van der Waals surface area contributed by atoms with E-state index < -0.39 is 0 Å². The molecule has 0 unspecified atom stereocenters. The molecule has 0 N–H and O–H groups in total. The van der Waals surface area contributed by atoms with Crippen molar-refractivity contribution in [1.82, 2.24) is 20.2 Å². The Hall–Kier alpha value is -1.89. The Morgan fingerprint density at radius 3 is 2.84 bits per heavy atom. The van der Waals surface area contributed by atoms with Crippen LogP contribution in [0.15, 0.2) is 23.4 Å². The van der Waals surface area contributed by atoms with Gasteiger partial charge < -0.3 is 4.74 Å². The molecule has 0 bridgehead atoms. The monoisotopic (exact) mass is 278 g/mol. The standard InChI is InChI=1S/C12H14N4O2S/c1-8-4-5-10(6-9(8)2)16-12(13-14-15-16)19-7-11(17)18-3/h4-6H,7H2,1-3H3. The van der Waals surface area contributed by atoms with E-state index in [4.69, 9.17) is 0 Å². The second-order valence-electron chi connectivity index (χ2n) is 4.01. The fourth-order valence-corrected chi connectivity index (χ4v) is 2.19. The van der Waals surface area contributed by atoms with Gasteiger partial charge in [-0.1, -0.05) is 17.8 Å². The van der Waals surface area contributed by atoms with Crippen molar-refractivity contribution in [3.63, 3.8) is 0 Å². The molecule has 0 fully saturated rings. The lowest BCUT2D eigenvalue weighted by molar-refractivity contribution is -0.137. The van der Waals surface area contributed by atoms with Gasteiger partial charge >= 0.3 is 5.97 Å². The van der Waals surface area contributed by atoms with Crippen LogP contribution in [0.4, 0.5) is 0 Å². The highest BCUT2D eigenvalue weighted by Crippen LogP contribution is 2.20. The fraction of sp³-hybridized carbons (Fsp3) is 0.333. The maximum atomic E-state index is 11.1. The topological polar surface area (TPSA) is 69.9 Å². The number of aryl methyl sites for hydroxylation is 2. The number of carbonyl (C=O) groups excluding carboxylic acids is 1. The van der Waals surface area contributed by atoms with E-state index in [9.17, 15) is 4.79 Å². The van der Waals surface area contributed by atoms with Crippen molar-refractivity contribution in [2.75, 3.05) is 12.9 Å². The highest BCUT2D eigenvalue weighted by molar-refractivity contribution is 7.99. The van der Waals surface area contributed by atoms with E-state index in [1.807, 2.05) is 32.0 Å². The first-order valence-corrected chi connectivity index (χ1v) is 6.66. The van der Waals surface area contributed by atoms with Crippen LogP contribution in [0.3, 0.4) is 0 Å². The van der Waals surface area contributed by atoms with Crippen molar-refractivity contribution < 1.29 is 9.53 Å². The van der Waals surface area contributed by atoms with Crippen LogP contribution in [0.25, 0.3) is 5.69 Å². The van der Waals surface area contributed by atoms with Gasteiger partial charge in [-0.3, -0.25) is 4.79 Å². The smallest absolute Gasteiger partial charge is 0.316 e. The summed E-state index contributed by atoms with van der Waals surface area (Å²) in [6, 6.07) is 5.97. The molecule has 0 spiro atoms. The fourth-order valence-electron chi connectivity index (χ4n) is 1.47. The lowest BCUT2D eigenvalue weighted by Gasteiger charge is -2.06. The summed E-state index contributed by atoms with van der Waals surface area (Å²) in [5.74, 6) is -0.124. The van der Waals surface area contributed by atoms with Crippen molar-refractivity contribution >= 4 is 17.7 Å². The molecule has 2 aromatic rings. The Labute approximate surface area is 115 Å². The number of tetrazole rings is 1. The van der Waals surface area contributed by atoms with Crippen molar-refractivity contribution in [2.24, 2.45) is 0 Å². The van der Waals surface area contributed by atoms with Gasteiger partial charge in [0.2, 0.25) is 5.16 Å². The minimum absolute atomic E-state index is 0.182. The van der Waals surface area contributed by atoms with E-state index in [1.165, 1.54) is 24.4 Å². The van der Waals surface area contributed by atoms with Gasteiger partial charge in [-0.15, -0.1) is 5.10 Å². The number of carbonyl (C=O) groups is 1. The molecule has 0 atom stereocenters. The van der Waals surface area contributed by atoms with Crippen LogP contribution in [-0.4, -0.2) is 39.0 Å². The molecule has 2 rings (SSSR count). The van der Waals surface area contributed by atoms with Crippen LogP contribution in [0.1, 0.15) is 11.1 Å². The Bertz CT molecular complexity index is 597. The van der Waals surface area contributed by atoms with Gasteiger partial charge in [-0.25, -0.2) is 0 Å². The molecule has 0 aliphatic heterocycles. The third-order valence-corrected chi connectivity index (χ3v) is 3.62. The number of aromatic nitrogens is 4. The molecular weight excluding hydrogens is 264 g/mol. The summed E-state index contributed by atoms with van der Waals surface area (Å²) in [6.45, 7) is 4.08. The van der Waals surface area contributed by atoms with E-state index in [0.717, 1.165) is 11.3 Å². The zero-order valence-electron chi connectivity index (χ0n) is 11.0. The molecule has 0 radical (unpaired) electrons. The van der Waals surface area contributed by atoms with Crippen molar-refractivity contribution in [3.05, 3.63) is 29.3 Å². The minimum atomic E-state index is -0.306. The summed E-state index contributed by atoms with van der Waals surface area (Å²) in [4.78, 5) is 11.1. The molecule has 1 aromatic carbocycles. The van der Waals surface area contributed by atoms with E-state index in [0.29, 0.717) is 5.16 Å². The number of hydrogen-bond donors (Lipinski definition) is 0. The summed E-state index contributed by atoms with van der Waals surface area (Å²) in [5.41, 5.74) is 3.25. The second kappa shape index (κ2) is 5.83.